The summed E-state index contributed by atoms with van der Waals surface area (Å²) >= 11 is 3.12. The Hall–Kier alpha value is -1.73. The van der Waals surface area contributed by atoms with Crippen LogP contribution >= 0.6 is 22.7 Å². The molecule has 0 aromatic carbocycles. The van der Waals surface area contributed by atoms with Gasteiger partial charge in [-0.2, -0.15) is 0 Å². The molecule has 1 aliphatic carbocycles. The maximum absolute atomic E-state index is 9.98. The van der Waals surface area contributed by atoms with Gasteiger partial charge in [-0.1, -0.05) is 6.42 Å². The Morgan fingerprint density at radius 3 is 2.27 bits per heavy atom. The molecule has 0 bridgehead atoms. The Morgan fingerprint density at radius 1 is 1.36 bits per heavy atom. The lowest BCUT2D eigenvalue weighted by Crippen LogP contribution is -2.20. The molecule has 0 atom stereocenters. The molecule has 0 aliphatic heterocycles. The Labute approximate surface area is 138 Å². The number of anilines is 1. The highest BCUT2D eigenvalue weighted by atomic mass is 32.1. The van der Waals surface area contributed by atoms with Crippen LogP contribution in [0.5, 0.6) is 0 Å². The fourth-order valence-corrected chi connectivity index (χ4v) is 3.33. The summed E-state index contributed by atoms with van der Waals surface area (Å²) in [5, 5.41) is 11.9. The molecule has 7 heteroatoms. The van der Waals surface area contributed by atoms with E-state index in [-0.39, 0.29) is 5.92 Å². The van der Waals surface area contributed by atoms with Crippen LogP contribution in [-0.4, -0.2) is 21.0 Å². The standard InChI is InChI=1S/C8H9N3S2.C5H8O2.C2H4/c1-4-7(13-5(2)10-4)6-3-12-8(9)11-6;6-5(7)4-2-1-3-4;1-2/h3H,1-2H3,(H2,9,11);4H,1-3H2,(H,6,7);1-2H2. The zero-order valence-electron chi connectivity index (χ0n) is 12.8. The molecule has 1 aliphatic rings. The van der Waals surface area contributed by atoms with Crippen LogP contribution in [-0.2, 0) is 4.79 Å². The second-order valence-corrected chi connectivity index (χ2v) is 6.78. The van der Waals surface area contributed by atoms with E-state index in [9.17, 15) is 4.79 Å². The second kappa shape index (κ2) is 8.65. The fraction of sp³-hybridized carbons (Fsp3) is 0.400. The van der Waals surface area contributed by atoms with Gasteiger partial charge in [-0.3, -0.25) is 4.79 Å². The molecule has 2 aromatic rings. The zero-order chi connectivity index (χ0) is 16.7. The number of hydrogen-bond donors (Lipinski definition) is 2. The molecule has 0 spiro atoms. The summed E-state index contributed by atoms with van der Waals surface area (Å²) in [5.74, 6) is -0.619. The molecule has 3 rings (SSSR count). The van der Waals surface area contributed by atoms with Crippen LogP contribution in [0, 0.1) is 19.8 Å². The van der Waals surface area contributed by atoms with Crippen molar-refractivity contribution in [3.63, 3.8) is 0 Å². The van der Waals surface area contributed by atoms with Crippen molar-refractivity contribution in [3.8, 4) is 10.6 Å². The van der Waals surface area contributed by atoms with Gasteiger partial charge in [0.15, 0.2) is 5.13 Å². The van der Waals surface area contributed by atoms with Crippen LogP contribution in [0.25, 0.3) is 10.6 Å². The first-order valence-electron chi connectivity index (χ1n) is 6.85. The number of aliphatic carboxylic acids is 1. The maximum atomic E-state index is 9.98. The van der Waals surface area contributed by atoms with Gasteiger partial charge in [-0.15, -0.1) is 35.8 Å². The topological polar surface area (TPSA) is 89.1 Å². The predicted octanol–water partition coefficient (Wildman–Crippen LogP) is 4.14. The number of carbonyl (C=O) groups is 1. The highest BCUT2D eigenvalue weighted by Crippen LogP contribution is 2.30. The van der Waals surface area contributed by atoms with Crippen LogP contribution in [0.2, 0.25) is 0 Å². The van der Waals surface area contributed by atoms with Crippen LogP contribution in [0.15, 0.2) is 18.5 Å². The summed E-state index contributed by atoms with van der Waals surface area (Å²) < 4.78 is 0. The number of nitrogens with zero attached hydrogens (tertiary/aromatic N) is 2. The maximum Gasteiger partial charge on any atom is 0.306 e. The van der Waals surface area contributed by atoms with E-state index in [1.165, 1.54) is 11.3 Å². The molecule has 22 heavy (non-hydrogen) atoms. The normalized spacial score (nSPS) is 13.2. The van der Waals surface area contributed by atoms with Crippen molar-refractivity contribution in [2.24, 2.45) is 5.92 Å². The van der Waals surface area contributed by atoms with E-state index in [0.29, 0.717) is 5.13 Å². The minimum Gasteiger partial charge on any atom is -0.481 e. The van der Waals surface area contributed by atoms with Gasteiger partial charge in [0.05, 0.1) is 27.2 Å². The van der Waals surface area contributed by atoms with Crippen molar-refractivity contribution < 1.29 is 9.90 Å². The van der Waals surface area contributed by atoms with E-state index in [4.69, 9.17) is 10.8 Å². The molecule has 0 radical (unpaired) electrons. The van der Waals surface area contributed by atoms with Crippen molar-refractivity contribution in [2.75, 3.05) is 5.73 Å². The predicted molar refractivity (Wildman–Crippen MR) is 93.3 cm³/mol. The zero-order valence-corrected chi connectivity index (χ0v) is 14.5. The van der Waals surface area contributed by atoms with E-state index < -0.39 is 5.97 Å². The minimum absolute atomic E-state index is 0.000000000000000444. The van der Waals surface area contributed by atoms with E-state index in [1.54, 1.807) is 11.3 Å². The van der Waals surface area contributed by atoms with Crippen LogP contribution in [0.3, 0.4) is 0 Å². The summed E-state index contributed by atoms with van der Waals surface area (Å²) in [6, 6.07) is 0. The number of carboxylic acid groups (broad SMARTS) is 1. The van der Waals surface area contributed by atoms with E-state index in [0.717, 1.165) is 40.5 Å². The largest absolute Gasteiger partial charge is 0.481 e. The summed E-state index contributed by atoms with van der Waals surface area (Å²) in [7, 11) is 0. The molecule has 0 amide bonds. The minimum atomic E-state index is -0.619. The third-order valence-corrected chi connectivity index (χ3v) is 4.88. The molecule has 3 N–H and O–H groups in total. The highest BCUT2D eigenvalue weighted by Gasteiger charge is 2.23. The van der Waals surface area contributed by atoms with E-state index >= 15 is 0 Å². The fourth-order valence-electron chi connectivity index (χ4n) is 1.82. The molecule has 0 saturated heterocycles. The summed E-state index contributed by atoms with van der Waals surface area (Å²) in [4.78, 5) is 19.7. The summed E-state index contributed by atoms with van der Waals surface area (Å²) in [6.45, 7) is 9.99. The molecule has 120 valence electrons. The number of carboxylic acids is 1. The average Bonchev–Trinajstić information content (AvgIpc) is 2.96. The summed E-state index contributed by atoms with van der Waals surface area (Å²) in [6.07, 6.45) is 2.90. The Morgan fingerprint density at radius 2 is 2.00 bits per heavy atom. The molecular weight excluding hydrogens is 318 g/mol. The highest BCUT2D eigenvalue weighted by molar-refractivity contribution is 7.16. The first kappa shape index (κ1) is 18.3. The average molecular weight is 339 g/mol. The van der Waals surface area contributed by atoms with Gasteiger partial charge in [-0.25, -0.2) is 9.97 Å². The first-order valence-corrected chi connectivity index (χ1v) is 8.55. The molecule has 1 saturated carbocycles. The van der Waals surface area contributed by atoms with Gasteiger partial charge in [0.25, 0.3) is 0 Å². The van der Waals surface area contributed by atoms with Gasteiger partial charge in [0.2, 0.25) is 0 Å². The summed E-state index contributed by atoms with van der Waals surface area (Å²) in [5.41, 5.74) is 7.55. The lowest BCUT2D eigenvalue weighted by Gasteiger charge is -2.19. The number of nitrogens with two attached hydrogens (primary N) is 1. The third-order valence-electron chi connectivity index (χ3n) is 3.11. The Kier molecular flexibility index (Phi) is 7.20. The van der Waals surface area contributed by atoms with E-state index in [2.05, 4.69) is 23.1 Å². The van der Waals surface area contributed by atoms with Crippen LogP contribution < -0.4 is 5.73 Å². The molecule has 2 heterocycles. The quantitative estimate of drug-likeness (QED) is 0.803. The molecular formula is C15H21N3O2S2. The van der Waals surface area contributed by atoms with Gasteiger partial charge in [0.1, 0.15) is 0 Å². The number of rotatable bonds is 2. The van der Waals surface area contributed by atoms with Gasteiger partial charge in [-0.05, 0) is 26.7 Å². The molecule has 5 nitrogen and oxygen atoms in total. The number of hydrogen-bond acceptors (Lipinski definition) is 6. The third kappa shape index (κ3) is 4.92. The van der Waals surface area contributed by atoms with Crippen molar-refractivity contribution in [2.45, 2.75) is 33.1 Å². The number of thiazole rings is 2. The van der Waals surface area contributed by atoms with Crippen molar-refractivity contribution in [1.29, 1.82) is 0 Å². The molecule has 2 aromatic heterocycles. The van der Waals surface area contributed by atoms with Crippen molar-refractivity contribution >= 4 is 33.8 Å². The van der Waals surface area contributed by atoms with Crippen LogP contribution in [0.4, 0.5) is 5.13 Å². The lowest BCUT2D eigenvalue weighted by atomic mass is 9.86. The second-order valence-electron chi connectivity index (χ2n) is 4.68. The van der Waals surface area contributed by atoms with Gasteiger partial charge >= 0.3 is 5.97 Å². The van der Waals surface area contributed by atoms with Crippen molar-refractivity contribution in [1.82, 2.24) is 9.97 Å². The van der Waals surface area contributed by atoms with E-state index in [1.807, 2.05) is 19.2 Å². The number of aryl methyl sites for hydroxylation is 2. The van der Waals surface area contributed by atoms with Gasteiger partial charge in [0, 0.05) is 5.38 Å². The SMILES string of the molecule is C=C.Cc1nc(C)c(-c2csc(N)n2)s1.O=C(O)C1CCC1. The Bertz CT molecular complexity index is 618. The lowest BCUT2D eigenvalue weighted by molar-refractivity contribution is -0.144. The first-order chi connectivity index (χ1) is 10.5. The molecule has 1 fully saturated rings. The monoisotopic (exact) mass is 339 g/mol. The van der Waals surface area contributed by atoms with Gasteiger partial charge < -0.3 is 10.8 Å². The number of aromatic nitrogens is 2. The smallest absolute Gasteiger partial charge is 0.306 e. The Balaban J connectivity index is 0.000000228. The number of nitrogen functional groups attached to an aromatic ring is 1. The van der Waals surface area contributed by atoms with Crippen molar-refractivity contribution in [3.05, 3.63) is 29.2 Å². The van der Waals surface area contributed by atoms with Crippen LogP contribution in [0.1, 0.15) is 30.0 Å². The molecule has 0 unspecified atom stereocenters.